The third kappa shape index (κ3) is 5.78. The summed E-state index contributed by atoms with van der Waals surface area (Å²) in [5.74, 6) is -0.0981. The lowest BCUT2D eigenvalue weighted by atomic mass is 10.1. The molecule has 6 nitrogen and oxygen atoms in total. The third-order valence-electron chi connectivity index (χ3n) is 5.40. The molecule has 3 aromatic carbocycles. The van der Waals surface area contributed by atoms with E-state index in [1.54, 1.807) is 23.1 Å². The molecule has 0 unspecified atom stereocenters. The zero-order chi connectivity index (χ0) is 23.4. The zero-order valence-electron chi connectivity index (χ0n) is 18.0. The number of ether oxygens (including phenoxy) is 1. The number of nitrogens with zero attached hydrogens (tertiary/aromatic N) is 1. The highest BCUT2D eigenvalue weighted by Crippen LogP contribution is 2.26. The van der Waals surface area contributed by atoms with Crippen LogP contribution in [0.4, 0.5) is 11.4 Å². The second-order valence-electron chi connectivity index (χ2n) is 7.92. The van der Waals surface area contributed by atoms with Crippen molar-refractivity contribution in [3.63, 3.8) is 0 Å². The fourth-order valence-electron chi connectivity index (χ4n) is 3.55. The molecule has 1 fully saturated rings. The first-order chi connectivity index (χ1) is 15.9. The molecule has 0 bridgehead atoms. The number of aryl methyl sites for hydroxylation is 1. The van der Waals surface area contributed by atoms with Gasteiger partial charge >= 0.3 is 0 Å². The van der Waals surface area contributed by atoms with Crippen LogP contribution in [-0.2, 0) is 16.2 Å². The molecule has 2 N–H and O–H groups in total. The molecule has 0 spiro atoms. The quantitative estimate of drug-likeness (QED) is 0.442. The normalized spacial score (nSPS) is 15.4. The van der Waals surface area contributed by atoms with E-state index in [9.17, 15) is 9.59 Å². The molecule has 1 aliphatic rings. The first-order valence-corrected chi connectivity index (χ1v) is 11.2. The van der Waals surface area contributed by atoms with E-state index in [1.165, 1.54) is 0 Å². The number of rotatable bonds is 7. The summed E-state index contributed by atoms with van der Waals surface area (Å²) in [7, 11) is 0. The van der Waals surface area contributed by atoms with Crippen LogP contribution in [0.1, 0.15) is 17.5 Å². The number of benzene rings is 3. The van der Waals surface area contributed by atoms with Crippen molar-refractivity contribution >= 4 is 46.4 Å². The zero-order valence-corrected chi connectivity index (χ0v) is 19.5. The Morgan fingerprint density at radius 1 is 1.06 bits per heavy atom. The summed E-state index contributed by atoms with van der Waals surface area (Å²) in [5, 5.41) is 0.968. The number of hydrogen-bond acceptors (Lipinski definition) is 4. The first kappa shape index (κ1) is 23.0. The van der Waals surface area contributed by atoms with Crippen LogP contribution in [0.5, 0.6) is 5.75 Å². The van der Waals surface area contributed by atoms with Crippen molar-refractivity contribution in [2.24, 2.45) is 5.92 Å². The Labute approximate surface area is 202 Å². The molecule has 170 valence electrons. The molecule has 0 saturated carbocycles. The van der Waals surface area contributed by atoms with E-state index in [0.29, 0.717) is 34.6 Å². The van der Waals surface area contributed by atoms with E-state index in [1.807, 2.05) is 55.5 Å². The molecule has 1 heterocycles. The van der Waals surface area contributed by atoms with Crippen molar-refractivity contribution in [3.8, 4) is 5.75 Å². The number of anilines is 2. The minimum atomic E-state index is -0.430. The third-order valence-corrected chi connectivity index (χ3v) is 6.13. The Kier molecular flexibility index (Phi) is 7.06. The molecule has 2 amide bonds. The summed E-state index contributed by atoms with van der Waals surface area (Å²) in [6, 6.07) is 20.3. The summed E-state index contributed by atoms with van der Waals surface area (Å²) in [6.45, 7) is 2.67. The maximum Gasteiger partial charge on any atom is 0.243 e. The maximum absolute atomic E-state index is 12.6. The number of halogens is 2. The lowest BCUT2D eigenvalue weighted by Crippen LogP contribution is -2.36. The van der Waals surface area contributed by atoms with Gasteiger partial charge in [0.2, 0.25) is 11.8 Å². The minimum absolute atomic E-state index is 0.0586. The monoisotopic (exact) mass is 483 g/mol. The van der Waals surface area contributed by atoms with Gasteiger partial charge in [0, 0.05) is 24.7 Å². The highest BCUT2D eigenvalue weighted by atomic mass is 35.5. The van der Waals surface area contributed by atoms with Gasteiger partial charge in [0.15, 0.2) is 0 Å². The van der Waals surface area contributed by atoms with E-state index in [4.69, 9.17) is 27.9 Å². The fraction of sp³-hybridized carbons (Fsp3) is 0.200. The van der Waals surface area contributed by atoms with Crippen LogP contribution in [0.25, 0.3) is 0 Å². The van der Waals surface area contributed by atoms with E-state index in [-0.39, 0.29) is 18.2 Å². The van der Waals surface area contributed by atoms with Gasteiger partial charge in [0.1, 0.15) is 12.4 Å². The molecule has 33 heavy (non-hydrogen) atoms. The van der Waals surface area contributed by atoms with Crippen molar-refractivity contribution in [1.82, 2.24) is 5.43 Å². The van der Waals surface area contributed by atoms with Crippen LogP contribution in [-0.4, -0.2) is 18.4 Å². The smallest absolute Gasteiger partial charge is 0.243 e. The Morgan fingerprint density at radius 2 is 1.85 bits per heavy atom. The van der Waals surface area contributed by atoms with Crippen molar-refractivity contribution in [1.29, 1.82) is 0 Å². The van der Waals surface area contributed by atoms with Crippen molar-refractivity contribution in [2.75, 3.05) is 16.9 Å². The van der Waals surface area contributed by atoms with Crippen LogP contribution in [0, 0.1) is 12.8 Å². The second kappa shape index (κ2) is 10.1. The maximum atomic E-state index is 12.6. The van der Waals surface area contributed by atoms with Gasteiger partial charge in [-0.2, -0.15) is 0 Å². The summed E-state index contributed by atoms with van der Waals surface area (Å²) >= 11 is 12.0. The number of hydrogen-bond donors (Lipinski definition) is 2. The molecular weight excluding hydrogens is 461 g/mol. The van der Waals surface area contributed by atoms with Crippen molar-refractivity contribution < 1.29 is 14.3 Å². The second-order valence-corrected chi connectivity index (χ2v) is 8.73. The highest BCUT2D eigenvalue weighted by Gasteiger charge is 2.35. The highest BCUT2D eigenvalue weighted by molar-refractivity contribution is 6.42. The molecule has 3 aromatic rings. The standard InChI is InChI=1S/C25H23Cl2N3O3/c1-16-5-8-20(9-6-16)30-14-18(12-24(30)31)25(32)29-28-19-3-2-4-21(13-19)33-15-17-7-10-22(26)23(27)11-17/h2-11,13,18,28H,12,14-15H2,1H3,(H,29,32)/t18-/m1/s1. The minimum Gasteiger partial charge on any atom is -0.489 e. The van der Waals surface area contributed by atoms with E-state index >= 15 is 0 Å². The molecule has 0 aromatic heterocycles. The number of carbonyl (C=O) groups excluding carboxylic acids is 2. The van der Waals surface area contributed by atoms with E-state index in [0.717, 1.165) is 16.8 Å². The predicted octanol–water partition coefficient (Wildman–Crippen LogP) is 5.38. The molecule has 1 saturated heterocycles. The number of hydrazine groups is 1. The van der Waals surface area contributed by atoms with Gasteiger partial charge in [-0.15, -0.1) is 0 Å². The summed E-state index contributed by atoms with van der Waals surface area (Å²) in [4.78, 5) is 26.7. The van der Waals surface area contributed by atoms with E-state index in [2.05, 4.69) is 10.9 Å². The summed E-state index contributed by atoms with van der Waals surface area (Å²) < 4.78 is 5.81. The number of nitrogens with one attached hydrogen (secondary N) is 2. The first-order valence-electron chi connectivity index (χ1n) is 10.5. The number of amides is 2. The van der Waals surface area contributed by atoms with Gasteiger partial charge < -0.3 is 9.64 Å². The summed E-state index contributed by atoms with van der Waals surface area (Å²) in [6.07, 6.45) is 0.175. The fourth-order valence-corrected chi connectivity index (χ4v) is 3.87. The molecule has 1 atom stereocenters. The van der Waals surface area contributed by atoms with Gasteiger partial charge in [-0.25, -0.2) is 0 Å². The molecule has 1 aliphatic heterocycles. The van der Waals surface area contributed by atoms with Crippen LogP contribution in [0.15, 0.2) is 66.7 Å². The lowest BCUT2D eigenvalue weighted by Gasteiger charge is -2.17. The molecule has 0 radical (unpaired) electrons. The van der Waals surface area contributed by atoms with Gasteiger partial charge in [-0.3, -0.25) is 20.4 Å². The van der Waals surface area contributed by atoms with Gasteiger partial charge in [-0.05, 0) is 48.9 Å². The number of carbonyl (C=O) groups is 2. The molecule has 4 rings (SSSR count). The average Bonchev–Trinajstić information content (AvgIpc) is 3.21. The van der Waals surface area contributed by atoms with Gasteiger partial charge in [0.05, 0.1) is 21.7 Å². The van der Waals surface area contributed by atoms with E-state index < -0.39 is 5.92 Å². The van der Waals surface area contributed by atoms with Crippen molar-refractivity contribution in [3.05, 3.63) is 87.9 Å². The average molecular weight is 484 g/mol. The molecular formula is C25H23Cl2N3O3. The molecule has 0 aliphatic carbocycles. The Balaban J connectivity index is 1.30. The largest absolute Gasteiger partial charge is 0.489 e. The topological polar surface area (TPSA) is 70.7 Å². The van der Waals surface area contributed by atoms with Gasteiger partial charge in [0.25, 0.3) is 0 Å². The van der Waals surface area contributed by atoms with Gasteiger partial charge in [-0.1, -0.05) is 53.0 Å². The predicted molar refractivity (Wildman–Crippen MR) is 131 cm³/mol. The Hall–Kier alpha value is -3.22. The van der Waals surface area contributed by atoms with Crippen molar-refractivity contribution in [2.45, 2.75) is 20.0 Å². The van der Waals surface area contributed by atoms with Crippen LogP contribution < -0.4 is 20.5 Å². The Bertz CT molecular complexity index is 1170. The lowest BCUT2D eigenvalue weighted by molar-refractivity contribution is -0.125. The van der Waals surface area contributed by atoms with Crippen LogP contribution >= 0.6 is 23.2 Å². The Morgan fingerprint density at radius 3 is 2.61 bits per heavy atom. The molecule has 8 heteroatoms. The summed E-state index contributed by atoms with van der Waals surface area (Å²) in [5.41, 5.74) is 9.08. The van der Waals surface area contributed by atoms with Crippen LogP contribution in [0.2, 0.25) is 10.0 Å². The van der Waals surface area contributed by atoms with Crippen LogP contribution in [0.3, 0.4) is 0 Å². The SMILES string of the molecule is Cc1ccc(N2C[C@H](C(=O)NNc3cccc(OCc4ccc(Cl)c(Cl)c4)c3)CC2=O)cc1.